The van der Waals surface area contributed by atoms with E-state index in [-0.39, 0.29) is 29.2 Å². The fourth-order valence-electron chi connectivity index (χ4n) is 3.74. The van der Waals surface area contributed by atoms with Crippen molar-refractivity contribution < 1.29 is 23.4 Å². The number of methoxy groups -OCH3 is 2. The van der Waals surface area contributed by atoms with Crippen molar-refractivity contribution in [2.45, 2.75) is 39.9 Å². The van der Waals surface area contributed by atoms with Crippen LogP contribution in [0.1, 0.15) is 29.5 Å². The monoisotopic (exact) mass is 541 g/mol. The van der Waals surface area contributed by atoms with Crippen LogP contribution in [0.15, 0.2) is 34.7 Å². The zero-order valence-electron chi connectivity index (χ0n) is 23.6. The number of furan rings is 1. The zero-order valence-corrected chi connectivity index (χ0v) is 24.6. The third-order valence-corrected chi connectivity index (χ3v) is 7.98. The van der Waals surface area contributed by atoms with Gasteiger partial charge in [-0.1, -0.05) is 43.9 Å². The van der Waals surface area contributed by atoms with E-state index in [1.165, 1.54) is 19.4 Å². The zero-order chi connectivity index (χ0) is 27.9. The van der Waals surface area contributed by atoms with Gasteiger partial charge in [0.25, 0.3) is 11.9 Å². The molecule has 0 spiro atoms. The lowest BCUT2D eigenvalue weighted by Crippen LogP contribution is -2.37. The van der Waals surface area contributed by atoms with Gasteiger partial charge in [-0.3, -0.25) is 4.79 Å². The van der Waals surface area contributed by atoms with Crippen molar-refractivity contribution in [3.63, 3.8) is 0 Å². The Bertz CT molecular complexity index is 1220. The molecule has 0 aliphatic carbocycles. The van der Waals surface area contributed by atoms with E-state index in [1.54, 1.807) is 12.1 Å². The third-order valence-electron chi connectivity index (χ3n) is 5.93. The van der Waals surface area contributed by atoms with E-state index in [4.69, 9.17) is 18.6 Å². The number of likely N-dealkylation sites (N-methyl/N-ethyl adjacent to an activating group) is 1. The molecule has 1 amide bonds. The summed E-state index contributed by atoms with van der Waals surface area (Å²) in [6.07, 6.45) is 0.918. The van der Waals surface area contributed by atoms with Crippen LogP contribution in [0.25, 0.3) is 0 Å². The molecule has 0 bridgehead atoms. The lowest BCUT2D eigenvalue weighted by atomic mass is 10.2. The number of nitrogens with one attached hydrogen (secondary N) is 2. The maximum atomic E-state index is 13.1. The second kappa shape index (κ2) is 12.8. The topological polar surface area (TPSA) is 111 Å². The van der Waals surface area contributed by atoms with Crippen molar-refractivity contribution in [3.05, 3.63) is 41.7 Å². The lowest BCUT2D eigenvalue weighted by molar-refractivity contribution is 0.0990. The van der Waals surface area contributed by atoms with Gasteiger partial charge >= 0.3 is 0 Å². The molecule has 38 heavy (non-hydrogen) atoms. The highest BCUT2D eigenvalue weighted by Gasteiger charge is 2.24. The van der Waals surface area contributed by atoms with Crippen molar-refractivity contribution in [1.82, 2.24) is 15.3 Å². The van der Waals surface area contributed by atoms with Crippen LogP contribution in [0.2, 0.25) is 19.6 Å². The number of aromatic nitrogens is 2. The Kier molecular flexibility index (Phi) is 9.76. The quantitative estimate of drug-likeness (QED) is 0.304. The number of aryl methyl sites for hydroxylation is 1. The molecule has 0 fully saturated rings. The minimum atomic E-state index is -1.52. The second-order valence-corrected chi connectivity index (χ2v) is 15.0. The molecule has 0 unspecified atom stereocenters. The molecular weight excluding hydrogens is 502 g/mol. The predicted molar refractivity (Wildman–Crippen MR) is 152 cm³/mol. The summed E-state index contributed by atoms with van der Waals surface area (Å²) >= 11 is 0. The van der Waals surface area contributed by atoms with E-state index >= 15 is 0 Å². The first-order valence-electron chi connectivity index (χ1n) is 12.7. The molecule has 0 saturated carbocycles. The Morgan fingerprint density at radius 3 is 2.32 bits per heavy atom. The van der Waals surface area contributed by atoms with Crippen LogP contribution >= 0.6 is 0 Å². The molecule has 0 saturated heterocycles. The summed E-state index contributed by atoms with van der Waals surface area (Å²) in [7, 11) is 3.33. The number of amides is 1. The Balaban J connectivity index is 1.83. The first-order chi connectivity index (χ1) is 18.1. The first-order valence-corrected chi connectivity index (χ1v) is 16.2. The van der Waals surface area contributed by atoms with Crippen LogP contribution in [-0.2, 0) is 0 Å². The van der Waals surface area contributed by atoms with Gasteiger partial charge in [0.05, 0.1) is 22.3 Å². The van der Waals surface area contributed by atoms with Crippen molar-refractivity contribution in [1.29, 1.82) is 0 Å². The molecule has 2 aromatic heterocycles. The Labute approximate surface area is 225 Å². The Hall–Kier alpha value is -3.57. The fraction of sp³-hybridized carbons (Fsp3) is 0.444. The van der Waals surface area contributed by atoms with Gasteiger partial charge < -0.3 is 34.2 Å². The molecule has 3 aromatic rings. The molecule has 0 radical (unpaired) electrons. The average molecular weight is 542 g/mol. The Morgan fingerprint density at radius 2 is 1.74 bits per heavy atom. The molecule has 0 aliphatic rings. The van der Waals surface area contributed by atoms with Crippen molar-refractivity contribution in [3.8, 4) is 23.5 Å². The van der Waals surface area contributed by atoms with Crippen LogP contribution in [0.3, 0.4) is 0 Å². The molecule has 0 aliphatic heterocycles. The fourth-order valence-corrected chi connectivity index (χ4v) is 4.89. The van der Waals surface area contributed by atoms with E-state index in [0.29, 0.717) is 18.2 Å². The van der Waals surface area contributed by atoms with Crippen molar-refractivity contribution in [2.75, 3.05) is 51.1 Å². The average Bonchev–Trinajstić information content (AvgIpc) is 3.36. The van der Waals surface area contributed by atoms with Gasteiger partial charge in [0.2, 0.25) is 17.7 Å². The highest BCUT2D eigenvalue weighted by Crippen LogP contribution is 2.34. The van der Waals surface area contributed by atoms with Gasteiger partial charge in [0, 0.05) is 25.7 Å². The van der Waals surface area contributed by atoms with Gasteiger partial charge in [-0.2, -0.15) is 9.97 Å². The summed E-state index contributed by atoms with van der Waals surface area (Å²) in [5.74, 6) is 1.30. The highest BCUT2D eigenvalue weighted by atomic mass is 28.3. The molecule has 3 rings (SSSR count). The second-order valence-electron chi connectivity index (χ2n) is 9.91. The number of anilines is 2. The van der Waals surface area contributed by atoms with Crippen LogP contribution in [0.4, 0.5) is 11.6 Å². The van der Waals surface area contributed by atoms with Gasteiger partial charge in [0.1, 0.15) is 5.75 Å². The van der Waals surface area contributed by atoms with Crippen LogP contribution < -0.4 is 34.9 Å². The molecule has 2 N–H and O–H groups in total. The summed E-state index contributed by atoms with van der Waals surface area (Å²) in [5, 5.41) is 7.17. The number of carbonyl (C=O) groups is 1. The predicted octanol–water partition coefficient (Wildman–Crippen LogP) is 4.42. The van der Waals surface area contributed by atoms with E-state index < -0.39 is 14.0 Å². The van der Waals surface area contributed by atoms with Gasteiger partial charge in [-0.05, 0) is 38.1 Å². The first kappa shape index (κ1) is 29.0. The van der Waals surface area contributed by atoms with Gasteiger partial charge in [0.15, 0.2) is 11.4 Å². The number of hydrogen-bond acceptors (Lipinski definition) is 9. The van der Waals surface area contributed by atoms with Gasteiger partial charge in [-0.25, -0.2) is 0 Å². The van der Waals surface area contributed by atoms with E-state index in [9.17, 15) is 4.79 Å². The normalized spacial score (nSPS) is 11.3. The highest BCUT2D eigenvalue weighted by molar-refractivity contribution is 6.88. The molecule has 10 nitrogen and oxygen atoms in total. The van der Waals surface area contributed by atoms with Crippen molar-refractivity contribution >= 4 is 30.8 Å². The largest absolute Gasteiger partial charge is 0.479 e. The minimum Gasteiger partial charge on any atom is -0.479 e. The lowest BCUT2D eigenvalue weighted by Gasteiger charge is -2.23. The maximum absolute atomic E-state index is 13.1. The molecule has 2 heterocycles. The number of carbonyl (C=O) groups excluding carboxylic acids is 1. The molecule has 206 valence electrons. The van der Waals surface area contributed by atoms with Crippen molar-refractivity contribution in [2.24, 2.45) is 0 Å². The van der Waals surface area contributed by atoms with Crippen LogP contribution in [0.5, 0.6) is 23.5 Å². The summed E-state index contributed by atoms with van der Waals surface area (Å²) in [5.41, 5.74) is 1.19. The maximum Gasteiger partial charge on any atom is 0.291 e. The molecule has 1 aromatic carbocycles. The number of ether oxygens (including phenoxy) is 3. The van der Waals surface area contributed by atoms with Crippen LogP contribution in [0, 0.1) is 6.92 Å². The number of nitrogens with zero attached hydrogens (tertiary/aromatic N) is 3. The minimum absolute atomic E-state index is 0.0637. The van der Waals surface area contributed by atoms with Gasteiger partial charge in [-0.15, -0.1) is 0 Å². The Morgan fingerprint density at radius 1 is 1.05 bits per heavy atom. The van der Waals surface area contributed by atoms with E-state index in [0.717, 1.165) is 25.1 Å². The summed E-state index contributed by atoms with van der Waals surface area (Å²) in [6, 6.07) is 9.41. The molecular formula is C27H39N5O5Si. The van der Waals surface area contributed by atoms with Crippen LogP contribution in [-0.4, -0.2) is 64.9 Å². The van der Waals surface area contributed by atoms with E-state index in [1.807, 2.05) is 24.9 Å². The number of benzene rings is 1. The third kappa shape index (κ3) is 7.04. The molecule has 11 heteroatoms. The number of hydrogen-bond donors (Lipinski definition) is 2. The number of rotatable bonds is 13. The molecule has 0 atom stereocenters. The summed E-state index contributed by atoms with van der Waals surface area (Å²) in [6.45, 7) is 13.1. The SMILES string of the molecule is CCCN(CCNC)c1nc(OC)c(NC(=O)c2ccc(Oc3cc([Si](C)(C)C)ccc3C)o2)c(OC)n1. The summed E-state index contributed by atoms with van der Waals surface area (Å²) in [4.78, 5) is 24.2. The van der Waals surface area contributed by atoms with E-state index in [2.05, 4.69) is 59.3 Å². The summed E-state index contributed by atoms with van der Waals surface area (Å²) < 4.78 is 22.7. The smallest absolute Gasteiger partial charge is 0.291 e. The standard InChI is InChI=1S/C27H39N5O5Si/c1-9-15-32(16-14-28-3)27-30-25(34-4)23(26(31-27)35-5)29-24(33)20-12-13-22(36-20)37-21-17-19(38(6,7)8)11-10-18(21)2/h10-13,17,28H,9,14-16H2,1-8H3,(H,29,33).